The van der Waals surface area contributed by atoms with Crippen LogP contribution in [-0.2, 0) is 14.4 Å². The van der Waals surface area contributed by atoms with Gasteiger partial charge in [-0.1, -0.05) is 0 Å². The van der Waals surface area contributed by atoms with Crippen molar-refractivity contribution >= 4 is 17.5 Å². The Hall–Kier alpha value is -1.23. The fraction of sp³-hybridized carbons (Fsp3) is 0.667. The Bertz CT molecular complexity index is 237. The number of carbonyl (C=O) groups is 3. The second-order valence-electron chi connectivity index (χ2n) is 3.08. The van der Waals surface area contributed by atoms with E-state index in [-0.39, 0.29) is 31.8 Å². The summed E-state index contributed by atoms with van der Waals surface area (Å²) in [4.78, 5) is 34.0. The average Bonchev–Trinajstić information content (AvgIpc) is 2.13. The fourth-order valence-electron chi connectivity index (χ4n) is 0.861. The van der Waals surface area contributed by atoms with Crippen molar-refractivity contribution < 1.29 is 19.5 Å². The maximum absolute atomic E-state index is 11.2. The van der Waals surface area contributed by atoms with Crippen LogP contribution in [0, 0.1) is 0 Å². The number of hydrogen-bond acceptors (Lipinski definition) is 4. The van der Waals surface area contributed by atoms with Crippen LogP contribution in [0.25, 0.3) is 0 Å². The second kappa shape index (κ2) is 6.26. The number of likely N-dealkylation sites (N-methyl/N-ethyl adjacent to an activating group) is 1. The summed E-state index contributed by atoms with van der Waals surface area (Å²) in [6.45, 7) is 1.32. The predicted octanol–water partition coefficient (Wildman–Crippen LogP) is -0.625. The van der Waals surface area contributed by atoms with Crippen LogP contribution in [0.4, 0.5) is 0 Å². The van der Waals surface area contributed by atoms with Crippen molar-refractivity contribution in [3.05, 3.63) is 0 Å². The molecule has 0 heterocycles. The van der Waals surface area contributed by atoms with Gasteiger partial charge < -0.3 is 14.8 Å². The molecular weight excluding hydrogens is 186 g/mol. The van der Waals surface area contributed by atoms with Gasteiger partial charge in [0.1, 0.15) is 5.78 Å². The van der Waals surface area contributed by atoms with Crippen molar-refractivity contribution in [2.45, 2.75) is 19.8 Å². The summed E-state index contributed by atoms with van der Waals surface area (Å²) in [5.41, 5.74) is 0. The topological polar surface area (TPSA) is 74.7 Å². The Morgan fingerprint density at radius 1 is 1.21 bits per heavy atom. The van der Waals surface area contributed by atoms with E-state index >= 15 is 0 Å². The lowest BCUT2D eigenvalue weighted by atomic mass is 10.1. The molecule has 0 spiro atoms. The van der Waals surface area contributed by atoms with Crippen LogP contribution in [0.15, 0.2) is 0 Å². The molecule has 14 heavy (non-hydrogen) atoms. The highest BCUT2D eigenvalue weighted by molar-refractivity contribution is 6.36. The number of carbonyl (C=O) groups excluding carboxylic acids is 3. The molecule has 0 rings (SSSR count). The van der Waals surface area contributed by atoms with Crippen molar-refractivity contribution in [3.63, 3.8) is 0 Å². The molecule has 0 aromatic heterocycles. The van der Waals surface area contributed by atoms with Gasteiger partial charge in [-0.15, -0.1) is 0 Å². The van der Waals surface area contributed by atoms with Crippen molar-refractivity contribution in [1.82, 2.24) is 4.90 Å². The van der Waals surface area contributed by atoms with Gasteiger partial charge in [-0.3, -0.25) is 9.59 Å². The first-order chi connectivity index (χ1) is 6.49. The standard InChI is InChI=1S/C9H15NO4/c1-7(12)3-4-8(13)9(14)10(2)5-6-11/h11H,3-6H2,1-2H3. The van der Waals surface area contributed by atoms with Crippen LogP contribution in [0.2, 0.25) is 0 Å². The van der Waals surface area contributed by atoms with Crippen LogP contribution in [-0.4, -0.2) is 47.7 Å². The van der Waals surface area contributed by atoms with Crippen molar-refractivity contribution in [2.75, 3.05) is 20.2 Å². The zero-order chi connectivity index (χ0) is 11.1. The van der Waals surface area contributed by atoms with E-state index in [4.69, 9.17) is 5.11 Å². The van der Waals surface area contributed by atoms with Gasteiger partial charge in [-0.05, 0) is 6.92 Å². The van der Waals surface area contributed by atoms with E-state index in [0.717, 1.165) is 4.90 Å². The minimum atomic E-state index is -0.653. The molecule has 1 N–H and O–H groups in total. The van der Waals surface area contributed by atoms with Gasteiger partial charge in [-0.25, -0.2) is 0 Å². The van der Waals surface area contributed by atoms with Crippen LogP contribution in [0.5, 0.6) is 0 Å². The molecule has 0 unspecified atom stereocenters. The van der Waals surface area contributed by atoms with Crippen LogP contribution < -0.4 is 0 Å². The number of ketones is 2. The summed E-state index contributed by atoms with van der Waals surface area (Å²) in [5, 5.41) is 8.53. The van der Waals surface area contributed by atoms with Crippen molar-refractivity contribution in [1.29, 1.82) is 0 Å². The molecular formula is C9H15NO4. The number of aliphatic hydroxyl groups is 1. The van der Waals surface area contributed by atoms with Gasteiger partial charge in [0.05, 0.1) is 6.61 Å². The zero-order valence-corrected chi connectivity index (χ0v) is 8.45. The van der Waals surface area contributed by atoms with E-state index in [9.17, 15) is 14.4 Å². The lowest BCUT2D eigenvalue weighted by Crippen LogP contribution is -2.35. The van der Waals surface area contributed by atoms with Gasteiger partial charge in [-0.2, -0.15) is 0 Å². The first-order valence-corrected chi connectivity index (χ1v) is 4.37. The average molecular weight is 201 g/mol. The Morgan fingerprint density at radius 2 is 1.79 bits per heavy atom. The number of rotatable bonds is 6. The van der Waals surface area contributed by atoms with E-state index < -0.39 is 11.7 Å². The highest BCUT2D eigenvalue weighted by atomic mass is 16.3. The summed E-state index contributed by atoms with van der Waals surface area (Å²) in [6.07, 6.45) is 0.0431. The number of Topliss-reactive ketones (excluding diaryl/α,β-unsaturated/α-hetero) is 2. The lowest BCUT2D eigenvalue weighted by Gasteiger charge is -2.13. The van der Waals surface area contributed by atoms with Crippen molar-refractivity contribution in [3.8, 4) is 0 Å². The Kier molecular flexibility index (Phi) is 5.71. The predicted molar refractivity (Wildman–Crippen MR) is 49.6 cm³/mol. The third-order valence-corrected chi connectivity index (χ3v) is 1.72. The molecule has 0 atom stereocenters. The SMILES string of the molecule is CC(=O)CCC(=O)C(=O)N(C)CCO. The smallest absolute Gasteiger partial charge is 0.289 e. The first kappa shape index (κ1) is 12.8. The van der Waals surface area contributed by atoms with E-state index in [1.165, 1.54) is 14.0 Å². The van der Waals surface area contributed by atoms with Gasteiger partial charge in [0.15, 0.2) is 0 Å². The molecule has 0 aliphatic heterocycles. The third kappa shape index (κ3) is 4.71. The second-order valence-corrected chi connectivity index (χ2v) is 3.08. The van der Waals surface area contributed by atoms with E-state index in [0.29, 0.717) is 0 Å². The molecule has 1 amide bonds. The molecule has 0 aromatic carbocycles. The summed E-state index contributed by atoms with van der Waals surface area (Å²) in [6, 6.07) is 0. The normalized spacial score (nSPS) is 9.64. The zero-order valence-electron chi connectivity index (χ0n) is 8.45. The Labute approximate surface area is 82.7 Å². The molecule has 0 bridgehead atoms. The van der Waals surface area contributed by atoms with Gasteiger partial charge in [0, 0.05) is 26.4 Å². The Balaban J connectivity index is 3.99. The minimum Gasteiger partial charge on any atom is -0.395 e. The van der Waals surface area contributed by atoms with Crippen LogP contribution in [0.3, 0.4) is 0 Å². The maximum Gasteiger partial charge on any atom is 0.289 e. The highest BCUT2D eigenvalue weighted by Crippen LogP contribution is 1.96. The molecule has 5 nitrogen and oxygen atoms in total. The molecule has 0 aliphatic rings. The monoisotopic (exact) mass is 201 g/mol. The number of aliphatic hydroxyl groups excluding tert-OH is 1. The fourth-order valence-corrected chi connectivity index (χ4v) is 0.861. The molecule has 5 heteroatoms. The highest BCUT2D eigenvalue weighted by Gasteiger charge is 2.17. The summed E-state index contributed by atoms with van der Waals surface area (Å²) >= 11 is 0. The van der Waals surface area contributed by atoms with Gasteiger partial charge in [0.2, 0.25) is 5.78 Å². The molecule has 0 saturated heterocycles. The quantitative estimate of drug-likeness (QED) is 0.581. The molecule has 0 radical (unpaired) electrons. The van der Waals surface area contributed by atoms with E-state index in [2.05, 4.69) is 0 Å². The van der Waals surface area contributed by atoms with Crippen LogP contribution in [0.1, 0.15) is 19.8 Å². The molecule has 0 aliphatic carbocycles. The van der Waals surface area contributed by atoms with E-state index in [1.54, 1.807) is 0 Å². The van der Waals surface area contributed by atoms with Crippen LogP contribution >= 0.6 is 0 Å². The minimum absolute atomic E-state index is 0.0517. The lowest BCUT2D eigenvalue weighted by molar-refractivity contribution is -0.144. The van der Waals surface area contributed by atoms with Gasteiger partial charge >= 0.3 is 0 Å². The number of nitrogens with zero attached hydrogens (tertiary/aromatic N) is 1. The summed E-state index contributed by atoms with van der Waals surface area (Å²) < 4.78 is 0. The molecule has 0 fully saturated rings. The number of amides is 1. The first-order valence-electron chi connectivity index (χ1n) is 4.37. The van der Waals surface area contributed by atoms with Crippen molar-refractivity contribution in [2.24, 2.45) is 0 Å². The largest absolute Gasteiger partial charge is 0.395 e. The van der Waals surface area contributed by atoms with E-state index in [1.807, 2.05) is 0 Å². The maximum atomic E-state index is 11.2. The molecule has 80 valence electrons. The van der Waals surface area contributed by atoms with Gasteiger partial charge in [0.25, 0.3) is 5.91 Å². The Morgan fingerprint density at radius 3 is 2.21 bits per heavy atom. The third-order valence-electron chi connectivity index (χ3n) is 1.72. The number of hydrogen-bond donors (Lipinski definition) is 1. The summed E-state index contributed by atoms with van der Waals surface area (Å²) in [5.74, 6) is -1.35. The molecule has 0 aromatic rings. The molecule has 0 saturated carbocycles. The summed E-state index contributed by atoms with van der Waals surface area (Å²) in [7, 11) is 1.43.